The Kier molecular flexibility index (Phi) is 9.60. The number of hydrogen-bond donors (Lipinski definition) is 5. The number of urea groups is 2. The number of benzene rings is 2. The molecule has 8 heterocycles. The molecule has 21 nitrogen and oxygen atoms in total. The smallest absolute Gasteiger partial charge is 0.322 e. The summed E-state index contributed by atoms with van der Waals surface area (Å²) in [5.41, 5.74) is 6.01. The Labute approximate surface area is 360 Å². The number of Topliss-reactive ketones (excluding diaryl/α,β-unsaturated/α-hetero) is 1. The van der Waals surface area contributed by atoms with E-state index in [4.69, 9.17) is 24.0 Å². The second kappa shape index (κ2) is 15.1. The number of carbonyl (C=O) groups is 8. The van der Waals surface area contributed by atoms with Crippen LogP contribution in [0.3, 0.4) is 0 Å². The Balaban J connectivity index is 0.000000162. The minimum absolute atomic E-state index is 0.0259. The highest BCUT2D eigenvalue weighted by Crippen LogP contribution is 2.37. The predicted molar refractivity (Wildman–Crippen MR) is 219 cm³/mol. The Bertz CT molecular complexity index is 2860. The summed E-state index contributed by atoms with van der Waals surface area (Å²) in [6.45, 7) is 1.57. The number of rotatable bonds is 10. The molecule has 6 N–H and O–H groups in total. The topological polar surface area (TPSA) is 288 Å². The maximum atomic E-state index is 13.1. The molecule has 0 saturated carbocycles. The van der Waals surface area contributed by atoms with E-state index in [1.807, 2.05) is 0 Å². The van der Waals surface area contributed by atoms with Gasteiger partial charge in [0.15, 0.2) is 28.0 Å². The van der Waals surface area contributed by atoms with Crippen LogP contribution in [0.5, 0.6) is 11.5 Å². The van der Waals surface area contributed by atoms with Crippen LogP contribution in [0, 0.1) is 0 Å². The lowest BCUT2D eigenvalue weighted by Crippen LogP contribution is -2.52. The molecule has 64 heavy (non-hydrogen) atoms. The number of pyridine rings is 2. The first kappa shape index (κ1) is 40.8. The fraction of sp³-hybridized carbons (Fsp3) is 0.209. The van der Waals surface area contributed by atoms with Crippen molar-refractivity contribution in [1.82, 2.24) is 41.0 Å². The maximum Gasteiger partial charge on any atom is 0.322 e. The number of nitrogens with zero attached hydrogens (tertiary/aromatic N) is 4. The molecule has 4 aliphatic rings. The first-order valence-electron chi connectivity index (χ1n) is 19.4. The third-order valence-corrected chi connectivity index (χ3v) is 11.3. The molecule has 21 heteroatoms. The number of fused-ring (bicyclic) bond motifs is 4. The molecule has 6 aromatic rings. The number of aromatic nitrogens is 2. The van der Waals surface area contributed by atoms with Gasteiger partial charge in [-0.1, -0.05) is 12.1 Å². The zero-order valence-electron chi connectivity index (χ0n) is 34.0. The second-order valence-electron chi connectivity index (χ2n) is 15.3. The Hall–Kier alpha value is -8.62. The first-order chi connectivity index (χ1) is 30.6. The summed E-state index contributed by atoms with van der Waals surface area (Å²) in [7, 11) is 3.02. The van der Waals surface area contributed by atoms with Crippen LogP contribution < -0.4 is 36.5 Å². The molecule has 4 aliphatic heterocycles. The van der Waals surface area contributed by atoms with E-state index < -0.39 is 40.9 Å². The van der Waals surface area contributed by atoms with Crippen molar-refractivity contribution in [2.75, 3.05) is 27.3 Å². The minimum atomic E-state index is -1.67. The molecule has 324 valence electrons. The number of ether oxygens (including phenoxy) is 2. The van der Waals surface area contributed by atoms with Gasteiger partial charge in [0.25, 0.3) is 29.5 Å². The lowest BCUT2D eigenvalue weighted by molar-refractivity contribution is -0.126. The van der Waals surface area contributed by atoms with Crippen LogP contribution in [0.25, 0.3) is 22.2 Å². The standard InChI is InChI=1S/C22H18N4O6.C21H17N5O6/c1-11(27)15-5-6-17-16(23-15)8-18(32-17)22(20(29)24-21(30)25-22)10-26-9-12-3-4-13(31-2)7-14(12)19(26)28;1-31-11-3-2-10-8-26(18(28)12(10)6-11)9-21(19(29)24-20(30)25-21)16-7-14-15(32-16)5-4-13(23-14)17(22)27/h3-8H,9-10H2,1-2H3,(H2,24,25,29,30);2-7H,8-9H2,1H3,(H2,22,27)(H2,24,25,29,30)/t22-;21-/m00/s1. The Morgan fingerprint density at radius 3 is 1.48 bits per heavy atom. The maximum absolute atomic E-state index is 13.1. The molecule has 2 aromatic carbocycles. The molecule has 0 spiro atoms. The summed E-state index contributed by atoms with van der Waals surface area (Å²) in [5, 5.41) is 9.65. The largest absolute Gasteiger partial charge is 0.497 e. The van der Waals surface area contributed by atoms with E-state index in [0.29, 0.717) is 39.3 Å². The molecule has 2 fully saturated rings. The molecule has 0 unspecified atom stereocenters. The zero-order valence-corrected chi connectivity index (χ0v) is 34.0. The predicted octanol–water partition coefficient (Wildman–Crippen LogP) is 2.36. The van der Waals surface area contributed by atoms with Gasteiger partial charge in [0.05, 0.1) is 27.3 Å². The summed E-state index contributed by atoms with van der Waals surface area (Å²) in [6, 6.07) is 17.9. The van der Waals surface area contributed by atoms with E-state index in [1.165, 1.54) is 61.3 Å². The van der Waals surface area contributed by atoms with Gasteiger partial charge in [-0.05, 0) is 59.7 Å². The molecule has 0 aliphatic carbocycles. The van der Waals surface area contributed by atoms with Crippen LogP contribution >= 0.6 is 0 Å². The zero-order chi connectivity index (χ0) is 45.2. The van der Waals surface area contributed by atoms with Crippen molar-refractivity contribution in [1.29, 1.82) is 0 Å². The number of nitrogens with two attached hydrogens (primary N) is 1. The van der Waals surface area contributed by atoms with Gasteiger partial charge in [-0.25, -0.2) is 19.6 Å². The van der Waals surface area contributed by atoms with Crippen LogP contribution in [0.1, 0.15) is 71.3 Å². The second-order valence-corrected chi connectivity index (χ2v) is 15.3. The number of primary amides is 1. The Morgan fingerprint density at radius 1 is 0.656 bits per heavy atom. The minimum Gasteiger partial charge on any atom is -0.497 e. The van der Waals surface area contributed by atoms with Gasteiger partial charge < -0.3 is 44.5 Å². The van der Waals surface area contributed by atoms with Crippen LogP contribution in [0.15, 0.2) is 81.6 Å². The molecule has 2 atom stereocenters. The molecule has 0 radical (unpaired) electrons. The van der Waals surface area contributed by atoms with Gasteiger partial charge in [0.1, 0.15) is 45.4 Å². The van der Waals surface area contributed by atoms with Crippen molar-refractivity contribution in [2.24, 2.45) is 5.73 Å². The lowest BCUT2D eigenvalue weighted by Gasteiger charge is -2.28. The van der Waals surface area contributed by atoms with Crippen molar-refractivity contribution in [3.8, 4) is 11.5 Å². The molecule has 2 saturated heterocycles. The van der Waals surface area contributed by atoms with Gasteiger partial charge in [0, 0.05) is 43.3 Å². The van der Waals surface area contributed by atoms with Gasteiger partial charge in [0.2, 0.25) is 0 Å². The third-order valence-electron chi connectivity index (χ3n) is 11.3. The van der Waals surface area contributed by atoms with E-state index in [9.17, 15) is 38.4 Å². The number of amides is 9. The number of nitrogens with one attached hydrogen (secondary N) is 4. The molecule has 9 amide bonds. The van der Waals surface area contributed by atoms with Crippen molar-refractivity contribution in [3.63, 3.8) is 0 Å². The number of furan rings is 2. The quantitative estimate of drug-likeness (QED) is 0.0976. The molecule has 0 bridgehead atoms. The number of carbonyl (C=O) groups excluding carboxylic acids is 8. The SMILES string of the molecule is COc1ccc2c(c1)C(=O)N(C[C@@]1(c3cc4nc(C(C)=O)ccc4o3)NC(=O)NC1=O)C2.COc1ccc2c(c1)C(=O)N(C[C@@]1(c3cc4nc(C(N)=O)ccc4o3)NC(=O)NC1=O)C2. The van der Waals surface area contributed by atoms with E-state index in [0.717, 1.165) is 11.1 Å². The van der Waals surface area contributed by atoms with Gasteiger partial charge >= 0.3 is 12.1 Å². The van der Waals surface area contributed by atoms with Gasteiger partial charge in [-0.2, -0.15) is 0 Å². The number of hydrogen-bond acceptors (Lipinski definition) is 14. The van der Waals surface area contributed by atoms with Crippen molar-refractivity contribution < 1.29 is 56.7 Å². The molecule has 10 rings (SSSR count). The third kappa shape index (κ3) is 6.74. The average Bonchev–Trinajstić information content (AvgIpc) is 4.12. The van der Waals surface area contributed by atoms with Gasteiger partial charge in [-0.15, -0.1) is 0 Å². The molecule has 4 aromatic heterocycles. The fourth-order valence-electron chi connectivity index (χ4n) is 8.07. The average molecular weight is 870 g/mol. The van der Waals surface area contributed by atoms with Crippen LogP contribution in [0.4, 0.5) is 9.59 Å². The van der Waals surface area contributed by atoms with E-state index in [-0.39, 0.29) is 72.2 Å². The summed E-state index contributed by atoms with van der Waals surface area (Å²) < 4.78 is 22.1. The summed E-state index contributed by atoms with van der Waals surface area (Å²) in [5.74, 6) is -1.57. The number of ketones is 1. The van der Waals surface area contributed by atoms with Crippen LogP contribution in [0.2, 0.25) is 0 Å². The summed E-state index contributed by atoms with van der Waals surface area (Å²) in [4.78, 5) is 111. The summed E-state index contributed by atoms with van der Waals surface area (Å²) in [6.07, 6.45) is 0. The summed E-state index contributed by atoms with van der Waals surface area (Å²) >= 11 is 0. The highest BCUT2D eigenvalue weighted by molar-refractivity contribution is 6.09. The van der Waals surface area contributed by atoms with E-state index in [2.05, 4.69) is 31.2 Å². The van der Waals surface area contributed by atoms with Crippen molar-refractivity contribution in [2.45, 2.75) is 31.1 Å². The van der Waals surface area contributed by atoms with Crippen LogP contribution in [-0.2, 0) is 33.8 Å². The highest BCUT2D eigenvalue weighted by atomic mass is 16.5. The van der Waals surface area contributed by atoms with Gasteiger partial charge in [-0.3, -0.25) is 39.4 Å². The first-order valence-corrected chi connectivity index (χ1v) is 19.4. The van der Waals surface area contributed by atoms with Crippen LogP contribution in [-0.4, -0.2) is 94.5 Å². The molecular weight excluding hydrogens is 835 g/mol. The monoisotopic (exact) mass is 869 g/mol. The fourth-order valence-corrected chi connectivity index (χ4v) is 8.07. The normalized spacial score (nSPS) is 19.8. The van der Waals surface area contributed by atoms with E-state index in [1.54, 1.807) is 42.5 Å². The highest BCUT2D eigenvalue weighted by Gasteiger charge is 2.54. The van der Waals surface area contributed by atoms with Crippen molar-refractivity contribution in [3.05, 3.63) is 118 Å². The Morgan fingerprint density at radius 2 is 1.09 bits per heavy atom. The number of imide groups is 2. The lowest BCUT2D eigenvalue weighted by atomic mass is 9.95. The van der Waals surface area contributed by atoms with Crippen molar-refractivity contribution >= 4 is 69.6 Å². The molecular formula is C43H35N9O12. The van der Waals surface area contributed by atoms with E-state index >= 15 is 0 Å². The number of methoxy groups -OCH3 is 2.